The fourth-order valence-electron chi connectivity index (χ4n) is 1.59. The molecule has 0 radical (unpaired) electrons. The van der Waals surface area contributed by atoms with E-state index in [2.05, 4.69) is 4.98 Å². The van der Waals surface area contributed by atoms with E-state index in [1.54, 1.807) is 18.2 Å². The Morgan fingerprint density at radius 2 is 2.39 bits per heavy atom. The summed E-state index contributed by atoms with van der Waals surface area (Å²) >= 11 is 1.13. The molecule has 0 saturated carbocycles. The van der Waals surface area contributed by atoms with Crippen LogP contribution in [0.1, 0.15) is 19.8 Å². The van der Waals surface area contributed by atoms with Gasteiger partial charge < -0.3 is 15.3 Å². The van der Waals surface area contributed by atoms with Crippen LogP contribution in [0.3, 0.4) is 0 Å². The lowest BCUT2D eigenvalue weighted by molar-refractivity contribution is -0.136. The summed E-state index contributed by atoms with van der Waals surface area (Å²) in [6.45, 7) is 1.95. The molecule has 1 aromatic heterocycles. The number of nitrogen functional groups attached to an aromatic ring is 1. The fourth-order valence-corrected chi connectivity index (χ4v) is 2.57. The number of fused-ring (bicyclic) bond motifs is 1. The number of benzene rings is 1. The second kappa shape index (κ2) is 5.30. The Labute approximate surface area is 108 Å². The second-order valence-corrected chi connectivity index (χ2v) is 5.09. The summed E-state index contributed by atoms with van der Waals surface area (Å²) in [5.41, 5.74) is 7.51. The molecule has 2 rings (SSSR count). The van der Waals surface area contributed by atoms with Gasteiger partial charge in [0.05, 0.1) is 0 Å². The highest BCUT2D eigenvalue weighted by molar-refractivity contribution is 8.00. The van der Waals surface area contributed by atoms with Crippen LogP contribution < -0.4 is 5.73 Å². The van der Waals surface area contributed by atoms with Crippen LogP contribution in [-0.4, -0.2) is 21.3 Å². The Morgan fingerprint density at radius 1 is 1.61 bits per heavy atom. The average molecular weight is 266 g/mol. The van der Waals surface area contributed by atoms with E-state index in [-0.39, 0.29) is 0 Å². The first-order valence-corrected chi connectivity index (χ1v) is 6.53. The maximum Gasteiger partial charge on any atom is 0.317 e. The van der Waals surface area contributed by atoms with Crippen molar-refractivity contribution in [2.75, 3.05) is 5.73 Å². The Balaban J connectivity index is 2.22. The fraction of sp³-hybridized carbons (Fsp3) is 0.333. The van der Waals surface area contributed by atoms with Gasteiger partial charge in [-0.2, -0.15) is 0 Å². The summed E-state index contributed by atoms with van der Waals surface area (Å²) in [7, 11) is 0. The first-order chi connectivity index (χ1) is 8.60. The average Bonchev–Trinajstić information content (AvgIpc) is 2.69. The highest BCUT2D eigenvalue weighted by Gasteiger charge is 2.21. The number of nitrogens with zero attached hydrogens (tertiary/aromatic N) is 1. The van der Waals surface area contributed by atoms with Crippen molar-refractivity contribution in [1.29, 1.82) is 0 Å². The Hall–Kier alpha value is -1.69. The van der Waals surface area contributed by atoms with E-state index in [0.29, 0.717) is 28.4 Å². The van der Waals surface area contributed by atoms with Crippen LogP contribution in [0.2, 0.25) is 0 Å². The van der Waals surface area contributed by atoms with E-state index in [1.165, 1.54) is 0 Å². The van der Waals surface area contributed by atoms with Crippen LogP contribution >= 0.6 is 11.8 Å². The lowest BCUT2D eigenvalue weighted by Gasteiger charge is -2.06. The maximum absolute atomic E-state index is 11.1. The molecule has 18 heavy (non-hydrogen) atoms. The van der Waals surface area contributed by atoms with Gasteiger partial charge in [-0.3, -0.25) is 4.79 Å². The molecule has 0 fully saturated rings. The van der Waals surface area contributed by atoms with E-state index in [9.17, 15) is 4.79 Å². The van der Waals surface area contributed by atoms with Crippen LogP contribution in [0, 0.1) is 0 Å². The molecule has 96 valence electrons. The lowest BCUT2D eigenvalue weighted by atomic mass is 10.2. The molecule has 1 aromatic carbocycles. The number of aromatic nitrogens is 1. The molecule has 0 aliphatic carbocycles. The number of thioether (sulfide) groups is 1. The zero-order valence-corrected chi connectivity index (χ0v) is 10.7. The molecule has 0 amide bonds. The number of aliphatic carboxylic acids is 1. The van der Waals surface area contributed by atoms with Gasteiger partial charge in [-0.1, -0.05) is 25.1 Å². The van der Waals surface area contributed by atoms with Gasteiger partial charge in [-0.05, 0) is 18.6 Å². The highest BCUT2D eigenvalue weighted by Crippen LogP contribution is 2.29. The SMILES string of the molecule is CCCC(Sc1nc2ccc(N)cc2o1)C(=O)O. The van der Waals surface area contributed by atoms with Crippen molar-refractivity contribution in [3.63, 3.8) is 0 Å². The predicted molar refractivity (Wildman–Crippen MR) is 70.6 cm³/mol. The topological polar surface area (TPSA) is 89.4 Å². The van der Waals surface area contributed by atoms with Crippen LogP contribution in [0.25, 0.3) is 11.1 Å². The molecule has 6 heteroatoms. The third-order valence-electron chi connectivity index (χ3n) is 2.46. The van der Waals surface area contributed by atoms with Crippen LogP contribution in [0.5, 0.6) is 0 Å². The molecule has 0 saturated heterocycles. The lowest BCUT2D eigenvalue weighted by Crippen LogP contribution is -2.15. The Morgan fingerprint density at radius 3 is 3.06 bits per heavy atom. The minimum Gasteiger partial charge on any atom is -0.480 e. The minimum atomic E-state index is -0.844. The zero-order valence-electron chi connectivity index (χ0n) is 9.92. The number of hydrogen-bond acceptors (Lipinski definition) is 5. The molecular weight excluding hydrogens is 252 g/mol. The Kier molecular flexibility index (Phi) is 3.76. The molecule has 2 aromatic rings. The number of rotatable bonds is 5. The summed E-state index contributed by atoms with van der Waals surface area (Å²) in [5, 5.41) is 8.92. The summed E-state index contributed by atoms with van der Waals surface area (Å²) in [4.78, 5) is 15.3. The van der Waals surface area contributed by atoms with Crippen molar-refractivity contribution in [3.8, 4) is 0 Å². The molecule has 0 aliphatic rings. The first-order valence-electron chi connectivity index (χ1n) is 5.65. The van der Waals surface area contributed by atoms with Crippen molar-refractivity contribution in [3.05, 3.63) is 18.2 Å². The van der Waals surface area contributed by atoms with Gasteiger partial charge in [0, 0.05) is 11.8 Å². The molecule has 1 unspecified atom stereocenters. The van der Waals surface area contributed by atoms with Crippen LogP contribution in [-0.2, 0) is 4.79 Å². The largest absolute Gasteiger partial charge is 0.480 e. The monoisotopic (exact) mass is 266 g/mol. The normalized spacial score (nSPS) is 12.7. The molecule has 1 heterocycles. The molecular formula is C12H14N2O3S. The molecule has 0 aliphatic heterocycles. The third kappa shape index (κ3) is 2.76. The summed E-state index contributed by atoms with van der Waals surface area (Å²) in [6, 6.07) is 5.18. The molecule has 1 atom stereocenters. The molecule has 0 spiro atoms. The molecule has 0 bridgehead atoms. The number of oxazole rings is 1. The van der Waals surface area contributed by atoms with E-state index in [0.717, 1.165) is 18.2 Å². The van der Waals surface area contributed by atoms with Crippen LogP contribution in [0.4, 0.5) is 5.69 Å². The van der Waals surface area contributed by atoms with E-state index >= 15 is 0 Å². The smallest absolute Gasteiger partial charge is 0.317 e. The van der Waals surface area contributed by atoms with Crippen molar-refractivity contribution in [2.45, 2.75) is 30.2 Å². The maximum atomic E-state index is 11.1. The van der Waals surface area contributed by atoms with Gasteiger partial charge >= 0.3 is 5.97 Å². The second-order valence-electron chi connectivity index (χ2n) is 3.94. The summed E-state index contributed by atoms with van der Waals surface area (Å²) in [5.74, 6) is -0.844. The van der Waals surface area contributed by atoms with E-state index < -0.39 is 11.2 Å². The minimum absolute atomic E-state index is 0.372. The van der Waals surface area contributed by atoms with Crippen molar-refractivity contribution in [2.24, 2.45) is 0 Å². The Bertz CT molecular complexity index is 567. The van der Waals surface area contributed by atoms with Gasteiger partial charge in [0.2, 0.25) is 0 Å². The van der Waals surface area contributed by atoms with Gasteiger partial charge in [0.1, 0.15) is 10.8 Å². The highest BCUT2D eigenvalue weighted by atomic mass is 32.2. The third-order valence-corrected chi connectivity index (χ3v) is 3.56. The number of nitrogens with two attached hydrogens (primary N) is 1. The quantitative estimate of drug-likeness (QED) is 0.639. The van der Waals surface area contributed by atoms with Gasteiger partial charge in [-0.25, -0.2) is 4.98 Å². The number of carboxylic acid groups (broad SMARTS) is 1. The van der Waals surface area contributed by atoms with Crippen molar-refractivity contribution in [1.82, 2.24) is 4.98 Å². The number of hydrogen-bond donors (Lipinski definition) is 2. The number of anilines is 1. The summed E-state index contributed by atoms with van der Waals surface area (Å²) < 4.78 is 5.48. The van der Waals surface area contributed by atoms with Gasteiger partial charge in [-0.15, -0.1) is 0 Å². The van der Waals surface area contributed by atoms with Crippen LogP contribution in [0.15, 0.2) is 27.8 Å². The van der Waals surface area contributed by atoms with Gasteiger partial charge in [0.15, 0.2) is 5.58 Å². The van der Waals surface area contributed by atoms with Gasteiger partial charge in [0.25, 0.3) is 5.22 Å². The number of carbonyl (C=O) groups is 1. The van der Waals surface area contributed by atoms with Crippen molar-refractivity contribution >= 4 is 34.5 Å². The molecule has 5 nitrogen and oxygen atoms in total. The standard InChI is InChI=1S/C12H14N2O3S/c1-2-3-10(11(15)16)18-12-14-8-5-4-7(13)6-9(8)17-12/h4-6,10H,2-3,13H2,1H3,(H,15,16). The van der Waals surface area contributed by atoms with E-state index in [4.69, 9.17) is 15.3 Å². The first kappa shape index (κ1) is 12.8. The molecule has 3 N–H and O–H groups in total. The predicted octanol–water partition coefficient (Wildman–Crippen LogP) is 2.76. The van der Waals surface area contributed by atoms with E-state index in [1.807, 2.05) is 6.92 Å². The zero-order chi connectivity index (χ0) is 13.1. The summed E-state index contributed by atoms with van der Waals surface area (Å²) in [6.07, 6.45) is 1.39. The van der Waals surface area contributed by atoms with Crippen molar-refractivity contribution < 1.29 is 14.3 Å². The number of carboxylic acids is 1.